The molecule has 0 aliphatic carbocycles. The first-order valence-electron chi connectivity index (χ1n) is 5.31. The fraction of sp³-hybridized carbons (Fsp3) is 0.154. The lowest BCUT2D eigenvalue weighted by Gasteiger charge is -2.31. The summed E-state index contributed by atoms with van der Waals surface area (Å²) < 4.78 is 0. The molecule has 0 saturated carbocycles. The molecule has 1 aromatic carbocycles. The average molecular weight is 212 g/mol. The van der Waals surface area contributed by atoms with Gasteiger partial charge >= 0.3 is 0 Å². The van der Waals surface area contributed by atoms with Crippen LogP contribution >= 0.6 is 0 Å². The normalized spacial score (nSPS) is 16.8. The molecule has 80 valence electrons. The topological polar surface area (TPSA) is 46.3 Å². The highest BCUT2D eigenvalue weighted by molar-refractivity contribution is 5.95. The Hall–Kier alpha value is -2.03. The number of benzene rings is 1. The molecule has 0 atom stereocenters. The molecule has 16 heavy (non-hydrogen) atoms. The number of carbonyl (C=O) groups excluding carboxylic acids is 1. The van der Waals surface area contributed by atoms with Crippen LogP contribution in [0, 0.1) is 0 Å². The summed E-state index contributed by atoms with van der Waals surface area (Å²) >= 11 is 0. The number of carbonyl (C=O) groups is 1. The summed E-state index contributed by atoms with van der Waals surface area (Å²) in [6, 6.07) is 6.16. The average Bonchev–Trinajstić information content (AvgIpc) is 2.29. The summed E-state index contributed by atoms with van der Waals surface area (Å²) in [6.45, 7) is 0.806. The molecule has 3 rings (SSSR count). The van der Waals surface area contributed by atoms with Gasteiger partial charge in [0.25, 0.3) is 0 Å². The lowest BCUT2D eigenvalue weighted by Crippen LogP contribution is -2.29. The Morgan fingerprint density at radius 3 is 3.06 bits per heavy atom. The Balaban J connectivity index is 2.16. The summed E-state index contributed by atoms with van der Waals surface area (Å²) in [7, 11) is 0. The van der Waals surface area contributed by atoms with Crippen LogP contribution in [0.25, 0.3) is 6.08 Å². The third-order valence-electron chi connectivity index (χ3n) is 3.05. The minimum Gasteiger partial charge on any atom is -0.366 e. The first-order valence-corrected chi connectivity index (χ1v) is 5.31. The summed E-state index contributed by atoms with van der Waals surface area (Å²) in [4.78, 5) is 13.3. The lowest BCUT2D eigenvalue weighted by molar-refractivity contribution is -0.114. The first kappa shape index (κ1) is 9.21. The SMILES string of the molecule is NC(=O)C1=CN2CC=Cc3cccc(c32)C1. The molecular formula is C13H12N2O. The van der Waals surface area contributed by atoms with E-state index < -0.39 is 0 Å². The Labute approximate surface area is 93.9 Å². The van der Waals surface area contributed by atoms with Crippen LogP contribution in [0.1, 0.15) is 11.1 Å². The fourth-order valence-electron chi connectivity index (χ4n) is 2.33. The second kappa shape index (κ2) is 3.23. The first-order chi connectivity index (χ1) is 7.75. The molecule has 1 amide bonds. The maximum absolute atomic E-state index is 11.2. The number of hydrogen-bond donors (Lipinski definition) is 1. The van der Waals surface area contributed by atoms with Gasteiger partial charge in [-0.05, 0) is 11.1 Å². The summed E-state index contributed by atoms with van der Waals surface area (Å²) in [5.41, 5.74) is 9.63. The zero-order valence-electron chi connectivity index (χ0n) is 8.81. The number of nitrogens with two attached hydrogens (primary N) is 1. The second-order valence-corrected chi connectivity index (χ2v) is 4.11. The highest BCUT2D eigenvalue weighted by Crippen LogP contribution is 2.35. The molecule has 0 saturated heterocycles. The van der Waals surface area contributed by atoms with E-state index in [1.807, 2.05) is 12.3 Å². The molecule has 3 nitrogen and oxygen atoms in total. The van der Waals surface area contributed by atoms with Gasteiger partial charge in [0.15, 0.2) is 0 Å². The van der Waals surface area contributed by atoms with E-state index in [1.165, 1.54) is 16.8 Å². The van der Waals surface area contributed by atoms with E-state index in [1.54, 1.807) is 0 Å². The predicted octanol–water partition coefficient (Wildman–Crippen LogP) is 1.45. The number of para-hydroxylation sites is 1. The third-order valence-corrected chi connectivity index (χ3v) is 3.05. The minimum atomic E-state index is -0.328. The number of anilines is 1. The summed E-state index contributed by atoms with van der Waals surface area (Å²) in [5.74, 6) is -0.328. The van der Waals surface area contributed by atoms with Crippen molar-refractivity contribution in [3.63, 3.8) is 0 Å². The Bertz CT molecular complexity index is 529. The largest absolute Gasteiger partial charge is 0.366 e. The second-order valence-electron chi connectivity index (χ2n) is 4.11. The van der Waals surface area contributed by atoms with Gasteiger partial charge in [-0.25, -0.2) is 0 Å². The van der Waals surface area contributed by atoms with Crippen molar-refractivity contribution in [3.8, 4) is 0 Å². The molecule has 0 fully saturated rings. The van der Waals surface area contributed by atoms with Gasteiger partial charge in [0, 0.05) is 24.7 Å². The van der Waals surface area contributed by atoms with Crippen molar-refractivity contribution >= 4 is 17.7 Å². The van der Waals surface area contributed by atoms with Gasteiger partial charge in [0.1, 0.15) is 0 Å². The number of rotatable bonds is 1. The smallest absolute Gasteiger partial charge is 0.246 e. The molecule has 0 spiro atoms. The molecule has 2 aliphatic rings. The van der Waals surface area contributed by atoms with Gasteiger partial charge in [0.05, 0.1) is 5.69 Å². The van der Waals surface area contributed by atoms with Crippen molar-refractivity contribution in [3.05, 3.63) is 47.2 Å². The Morgan fingerprint density at radius 2 is 2.25 bits per heavy atom. The van der Waals surface area contributed by atoms with E-state index >= 15 is 0 Å². The Morgan fingerprint density at radius 1 is 1.38 bits per heavy atom. The van der Waals surface area contributed by atoms with Gasteiger partial charge in [0.2, 0.25) is 5.91 Å². The quantitative estimate of drug-likeness (QED) is 0.765. The van der Waals surface area contributed by atoms with E-state index in [-0.39, 0.29) is 5.91 Å². The number of amides is 1. The van der Waals surface area contributed by atoms with Crippen LogP contribution in [0.3, 0.4) is 0 Å². The van der Waals surface area contributed by atoms with E-state index in [2.05, 4.69) is 29.2 Å². The monoisotopic (exact) mass is 212 g/mol. The van der Waals surface area contributed by atoms with Crippen LogP contribution in [-0.4, -0.2) is 12.5 Å². The van der Waals surface area contributed by atoms with Gasteiger partial charge < -0.3 is 10.6 Å². The maximum atomic E-state index is 11.2. The molecular weight excluding hydrogens is 200 g/mol. The number of hydrogen-bond acceptors (Lipinski definition) is 2. The Kier molecular flexibility index (Phi) is 1.86. The predicted molar refractivity (Wildman–Crippen MR) is 63.8 cm³/mol. The van der Waals surface area contributed by atoms with Crippen LogP contribution in [0.15, 0.2) is 36.0 Å². The summed E-state index contributed by atoms with van der Waals surface area (Å²) in [6.07, 6.45) is 6.73. The van der Waals surface area contributed by atoms with Crippen LogP contribution in [-0.2, 0) is 11.2 Å². The van der Waals surface area contributed by atoms with Gasteiger partial charge in [-0.2, -0.15) is 0 Å². The number of nitrogens with zero attached hydrogens (tertiary/aromatic N) is 1. The molecule has 0 radical (unpaired) electrons. The van der Waals surface area contributed by atoms with Crippen LogP contribution < -0.4 is 10.6 Å². The van der Waals surface area contributed by atoms with Crippen LogP contribution in [0.4, 0.5) is 5.69 Å². The molecule has 2 heterocycles. The fourth-order valence-corrected chi connectivity index (χ4v) is 2.33. The molecule has 0 bridgehead atoms. The zero-order chi connectivity index (χ0) is 11.1. The molecule has 0 unspecified atom stereocenters. The lowest BCUT2D eigenvalue weighted by atomic mass is 9.94. The van der Waals surface area contributed by atoms with Crippen molar-refractivity contribution in [2.45, 2.75) is 6.42 Å². The van der Waals surface area contributed by atoms with Crippen LogP contribution in [0.2, 0.25) is 0 Å². The maximum Gasteiger partial charge on any atom is 0.246 e. The molecule has 2 N–H and O–H groups in total. The van der Waals surface area contributed by atoms with Crippen molar-refractivity contribution in [2.24, 2.45) is 5.73 Å². The van der Waals surface area contributed by atoms with E-state index in [9.17, 15) is 4.79 Å². The van der Waals surface area contributed by atoms with Crippen molar-refractivity contribution in [1.29, 1.82) is 0 Å². The standard InChI is InChI=1S/C13H12N2O/c14-13(16)11-7-10-4-1-3-9-5-2-6-15(8-11)12(9)10/h1-5,8H,6-7H2,(H2,14,16). The van der Waals surface area contributed by atoms with Gasteiger partial charge in [-0.15, -0.1) is 0 Å². The minimum absolute atomic E-state index is 0.328. The zero-order valence-corrected chi connectivity index (χ0v) is 8.81. The number of primary amides is 1. The third kappa shape index (κ3) is 1.25. The molecule has 0 aromatic heterocycles. The molecule has 1 aromatic rings. The van der Waals surface area contributed by atoms with E-state index in [0.29, 0.717) is 12.0 Å². The van der Waals surface area contributed by atoms with Crippen LogP contribution in [0.5, 0.6) is 0 Å². The van der Waals surface area contributed by atoms with E-state index in [0.717, 1.165) is 6.54 Å². The highest BCUT2D eigenvalue weighted by atomic mass is 16.1. The van der Waals surface area contributed by atoms with Gasteiger partial charge in [-0.1, -0.05) is 30.4 Å². The molecule has 2 aliphatic heterocycles. The molecule has 3 heteroatoms. The van der Waals surface area contributed by atoms with Gasteiger partial charge in [-0.3, -0.25) is 4.79 Å². The highest BCUT2D eigenvalue weighted by Gasteiger charge is 2.22. The van der Waals surface area contributed by atoms with E-state index in [4.69, 9.17) is 5.73 Å². The van der Waals surface area contributed by atoms with Crippen molar-refractivity contribution in [2.75, 3.05) is 11.4 Å². The summed E-state index contributed by atoms with van der Waals surface area (Å²) in [5, 5.41) is 0. The van der Waals surface area contributed by atoms with Crippen molar-refractivity contribution < 1.29 is 4.79 Å². The van der Waals surface area contributed by atoms with Crippen molar-refractivity contribution in [1.82, 2.24) is 0 Å².